The molecule has 0 aliphatic carbocycles. The van der Waals surface area contributed by atoms with Gasteiger partial charge in [0.05, 0.1) is 0 Å². The zero-order valence-electron chi connectivity index (χ0n) is 8.55. The maximum absolute atomic E-state index is 5.50. The van der Waals surface area contributed by atoms with Crippen molar-refractivity contribution in [2.75, 3.05) is 13.2 Å². The van der Waals surface area contributed by atoms with E-state index in [1.54, 1.807) is 0 Å². The summed E-state index contributed by atoms with van der Waals surface area (Å²) in [7, 11) is 0. The van der Waals surface area contributed by atoms with Crippen molar-refractivity contribution < 1.29 is 4.74 Å². The summed E-state index contributed by atoms with van der Waals surface area (Å²) in [5.74, 6) is 0.952. The molecule has 0 aliphatic rings. The van der Waals surface area contributed by atoms with Crippen LogP contribution in [0.5, 0.6) is 5.75 Å². The first kappa shape index (κ1) is 10.1. The molecule has 72 valence electrons. The molecule has 1 rings (SSSR count). The Kier molecular flexibility index (Phi) is 3.32. The molecule has 0 heterocycles. The van der Waals surface area contributed by atoms with E-state index < -0.39 is 0 Å². The minimum absolute atomic E-state index is 0.562. The summed E-state index contributed by atoms with van der Waals surface area (Å²) in [6.45, 7) is 7.40. The van der Waals surface area contributed by atoms with Crippen molar-refractivity contribution in [2.24, 2.45) is 5.73 Å². The average Bonchev–Trinajstić information content (AvgIpc) is 2.09. The van der Waals surface area contributed by atoms with Crippen LogP contribution in [0.2, 0.25) is 0 Å². The highest BCUT2D eigenvalue weighted by atomic mass is 16.5. The van der Waals surface area contributed by atoms with E-state index in [2.05, 4.69) is 32.9 Å². The smallest absolute Gasteiger partial charge is 0.122 e. The van der Waals surface area contributed by atoms with E-state index >= 15 is 0 Å². The number of benzene rings is 1. The molecule has 1 aromatic carbocycles. The minimum atomic E-state index is 0.562. The molecule has 0 unspecified atom stereocenters. The van der Waals surface area contributed by atoms with E-state index in [4.69, 9.17) is 10.5 Å². The van der Waals surface area contributed by atoms with Gasteiger partial charge in [0, 0.05) is 6.54 Å². The van der Waals surface area contributed by atoms with Crippen molar-refractivity contribution in [3.8, 4) is 5.75 Å². The Labute approximate surface area is 79.7 Å². The molecule has 0 amide bonds. The molecular weight excluding hydrogens is 162 g/mol. The Hall–Kier alpha value is -1.02. The second-order valence-corrected chi connectivity index (χ2v) is 3.34. The Morgan fingerprint density at radius 2 is 1.69 bits per heavy atom. The van der Waals surface area contributed by atoms with E-state index in [0.29, 0.717) is 13.2 Å². The predicted octanol–water partition coefficient (Wildman–Crippen LogP) is 1.95. The highest BCUT2D eigenvalue weighted by Crippen LogP contribution is 2.21. The maximum atomic E-state index is 5.50. The lowest BCUT2D eigenvalue weighted by atomic mass is 10.1. The Balaban J connectivity index is 2.88. The summed E-state index contributed by atoms with van der Waals surface area (Å²) in [5, 5.41) is 0. The molecule has 0 atom stereocenters. The van der Waals surface area contributed by atoms with Crippen molar-refractivity contribution >= 4 is 0 Å². The van der Waals surface area contributed by atoms with Crippen molar-refractivity contribution in [2.45, 2.75) is 20.8 Å². The molecule has 13 heavy (non-hydrogen) atoms. The number of aryl methyl sites for hydroxylation is 3. The van der Waals surface area contributed by atoms with E-state index in [0.717, 1.165) is 5.75 Å². The molecule has 1 aromatic rings. The summed E-state index contributed by atoms with van der Waals surface area (Å²) in [6.07, 6.45) is 0. The van der Waals surface area contributed by atoms with E-state index in [-0.39, 0.29) is 0 Å². The SMILES string of the molecule is Cc1cc(C)c(OCCN)cc1C. The number of ether oxygens (including phenoxy) is 1. The topological polar surface area (TPSA) is 35.2 Å². The fraction of sp³-hybridized carbons (Fsp3) is 0.455. The Bertz CT molecular complexity index is 294. The summed E-state index contributed by atoms with van der Waals surface area (Å²) in [5.41, 5.74) is 9.11. The highest BCUT2D eigenvalue weighted by molar-refractivity contribution is 5.40. The quantitative estimate of drug-likeness (QED) is 0.769. The van der Waals surface area contributed by atoms with Crippen LogP contribution in [-0.4, -0.2) is 13.2 Å². The Morgan fingerprint density at radius 3 is 2.31 bits per heavy atom. The van der Waals surface area contributed by atoms with Crippen LogP contribution < -0.4 is 10.5 Å². The zero-order valence-corrected chi connectivity index (χ0v) is 8.55. The van der Waals surface area contributed by atoms with Gasteiger partial charge in [0.25, 0.3) is 0 Å². The van der Waals surface area contributed by atoms with Crippen molar-refractivity contribution in [3.63, 3.8) is 0 Å². The van der Waals surface area contributed by atoms with Crippen LogP contribution >= 0.6 is 0 Å². The first-order valence-corrected chi connectivity index (χ1v) is 4.56. The van der Waals surface area contributed by atoms with Crippen LogP contribution in [0.4, 0.5) is 0 Å². The second kappa shape index (κ2) is 4.28. The molecular formula is C11H17NO. The lowest BCUT2D eigenvalue weighted by Gasteiger charge is -2.10. The van der Waals surface area contributed by atoms with Gasteiger partial charge in [-0.3, -0.25) is 0 Å². The molecule has 0 saturated heterocycles. The molecule has 0 radical (unpaired) electrons. The molecule has 0 spiro atoms. The van der Waals surface area contributed by atoms with Crippen molar-refractivity contribution in [3.05, 3.63) is 28.8 Å². The second-order valence-electron chi connectivity index (χ2n) is 3.34. The van der Waals surface area contributed by atoms with Crippen LogP contribution in [0.25, 0.3) is 0 Å². The third-order valence-electron chi connectivity index (χ3n) is 2.17. The van der Waals surface area contributed by atoms with Gasteiger partial charge in [-0.1, -0.05) is 6.07 Å². The fourth-order valence-corrected chi connectivity index (χ4v) is 1.26. The molecule has 0 fully saturated rings. The number of hydrogen-bond donors (Lipinski definition) is 1. The van der Waals surface area contributed by atoms with Gasteiger partial charge in [0.2, 0.25) is 0 Å². The van der Waals surface area contributed by atoms with Crippen LogP contribution in [0, 0.1) is 20.8 Å². The van der Waals surface area contributed by atoms with E-state index in [9.17, 15) is 0 Å². The van der Waals surface area contributed by atoms with E-state index in [1.807, 2.05) is 0 Å². The van der Waals surface area contributed by atoms with Crippen LogP contribution in [0.1, 0.15) is 16.7 Å². The van der Waals surface area contributed by atoms with Crippen molar-refractivity contribution in [1.82, 2.24) is 0 Å². The standard InChI is InChI=1S/C11H17NO/c1-8-6-10(3)11(7-9(8)2)13-5-4-12/h6-7H,4-5,12H2,1-3H3. The lowest BCUT2D eigenvalue weighted by molar-refractivity contribution is 0.326. The van der Waals surface area contributed by atoms with Gasteiger partial charge < -0.3 is 10.5 Å². The maximum Gasteiger partial charge on any atom is 0.122 e. The zero-order chi connectivity index (χ0) is 9.84. The summed E-state index contributed by atoms with van der Waals surface area (Å²) >= 11 is 0. The van der Waals surface area contributed by atoms with E-state index in [1.165, 1.54) is 16.7 Å². The third kappa shape index (κ3) is 2.46. The van der Waals surface area contributed by atoms with Gasteiger partial charge in [-0.15, -0.1) is 0 Å². The first-order valence-electron chi connectivity index (χ1n) is 4.56. The third-order valence-corrected chi connectivity index (χ3v) is 2.17. The lowest BCUT2D eigenvalue weighted by Crippen LogP contribution is -2.11. The van der Waals surface area contributed by atoms with Crippen LogP contribution in [-0.2, 0) is 0 Å². The number of hydrogen-bond acceptors (Lipinski definition) is 2. The van der Waals surface area contributed by atoms with Gasteiger partial charge in [0.15, 0.2) is 0 Å². The van der Waals surface area contributed by atoms with Crippen LogP contribution in [0.3, 0.4) is 0 Å². The molecule has 0 saturated carbocycles. The molecule has 0 aromatic heterocycles. The molecule has 0 aliphatic heterocycles. The first-order chi connectivity index (χ1) is 6.15. The molecule has 2 heteroatoms. The number of nitrogens with two attached hydrogens (primary N) is 1. The summed E-state index contributed by atoms with van der Waals surface area (Å²) in [4.78, 5) is 0. The normalized spacial score (nSPS) is 10.2. The largest absolute Gasteiger partial charge is 0.492 e. The Morgan fingerprint density at radius 1 is 1.08 bits per heavy atom. The average molecular weight is 179 g/mol. The van der Waals surface area contributed by atoms with Gasteiger partial charge in [0.1, 0.15) is 12.4 Å². The molecule has 0 bridgehead atoms. The summed E-state index contributed by atoms with van der Waals surface area (Å²) in [6, 6.07) is 4.21. The predicted molar refractivity (Wildman–Crippen MR) is 55.2 cm³/mol. The fourth-order valence-electron chi connectivity index (χ4n) is 1.26. The van der Waals surface area contributed by atoms with Crippen molar-refractivity contribution in [1.29, 1.82) is 0 Å². The number of rotatable bonds is 3. The van der Waals surface area contributed by atoms with Crippen LogP contribution in [0.15, 0.2) is 12.1 Å². The monoisotopic (exact) mass is 179 g/mol. The highest BCUT2D eigenvalue weighted by Gasteiger charge is 2.01. The summed E-state index contributed by atoms with van der Waals surface area (Å²) < 4.78 is 5.50. The molecule has 2 nitrogen and oxygen atoms in total. The van der Waals surface area contributed by atoms with Gasteiger partial charge in [-0.25, -0.2) is 0 Å². The minimum Gasteiger partial charge on any atom is -0.492 e. The van der Waals surface area contributed by atoms with Gasteiger partial charge >= 0.3 is 0 Å². The van der Waals surface area contributed by atoms with Gasteiger partial charge in [-0.2, -0.15) is 0 Å². The van der Waals surface area contributed by atoms with Gasteiger partial charge in [-0.05, 0) is 43.5 Å². The molecule has 2 N–H and O–H groups in total.